The third-order valence-corrected chi connectivity index (χ3v) is 5.87. The van der Waals surface area contributed by atoms with Gasteiger partial charge in [-0.2, -0.15) is 5.10 Å². The number of amides is 1. The minimum atomic E-state index is -0.499. The summed E-state index contributed by atoms with van der Waals surface area (Å²) in [6.07, 6.45) is 1.75. The molecular formula is C25H25FN4O2. The lowest BCUT2D eigenvalue weighted by Crippen LogP contribution is -2.30. The number of halogens is 1. The van der Waals surface area contributed by atoms with Gasteiger partial charge < -0.3 is 9.88 Å². The van der Waals surface area contributed by atoms with Crippen molar-refractivity contribution in [2.24, 2.45) is 0 Å². The van der Waals surface area contributed by atoms with E-state index in [2.05, 4.69) is 10.4 Å². The Bertz CT molecular complexity index is 1320. The number of rotatable bonds is 6. The van der Waals surface area contributed by atoms with E-state index in [1.807, 2.05) is 49.6 Å². The number of aromatic nitrogens is 3. The van der Waals surface area contributed by atoms with E-state index in [-0.39, 0.29) is 17.5 Å². The van der Waals surface area contributed by atoms with Crippen molar-refractivity contribution in [3.63, 3.8) is 0 Å². The standard InChI is InChI=1S/C25H25FN4O2/c1-15-22(16(2)30(28-15)20-11-9-19(26)10-12-20)13-27-25(32)17(3)29-14-23(18(4)31)21-7-5-6-8-24(21)29/h5-12,14,17H,13H2,1-4H3,(H,27,32)/t17-/m0/s1. The molecule has 0 spiro atoms. The molecule has 6 nitrogen and oxygen atoms in total. The Balaban J connectivity index is 1.55. The fraction of sp³-hybridized carbons (Fsp3) is 0.240. The molecular weight excluding hydrogens is 407 g/mol. The molecule has 0 unspecified atom stereocenters. The van der Waals surface area contributed by atoms with Crippen molar-refractivity contribution in [2.75, 3.05) is 0 Å². The average molecular weight is 432 g/mol. The first-order chi connectivity index (χ1) is 15.3. The molecule has 1 amide bonds. The molecule has 32 heavy (non-hydrogen) atoms. The number of benzene rings is 2. The van der Waals surface area contributed by atoms with E-state index >= 15 is 0 Å². The van der Waals surface area contributed by atoms with Crippen LogP contribution in [-0.4, -0.2) is 26.0 Å². The smallest absolute Gasteiger partial charge is 0.243 e. The van der Waals surface area contributed by atoms with E-state index in [0.29, 0.717) is 12.1 Å². The Kier molecular flexibility index (Phi) is 5.65. The number of carbonyl (C=O) groups excluding carboxylic acids is 2. The Morgan fingerprint density at radius 2 is 1.78 bits per heavy atom. The maximum Gasteiger partial charge on any atom is 0.243 e. The molecule has 0 fully saturated rings. The normalized spacial score (nSPS) is 12.2. The number of nitrogens with zero attached hydrogens (tertiary/aromatic N) is 3. The number of para-hydroxylation sites is 1. The van der Waals surface area contributed by atoms with E-state index in [9.17, 15) is 14.0 Å². The first kappa shape index (κ1) is 21.5. The van der Waals surface area contributed by atoms with E-state index < -0.39 is 6.04 Å². The zero-order chi connectivity index (χ0) is 23.0. The molecule has 0 radical (unpaired) electrons. The van der Waals surface area contributed by atoms with Crippen LogP contribution in [-0.2, 0) is 11.3 Å². The SMILES string of the molecule is CC(=O)c1cn([C@@H](C)C(=O)NCc2c(C)nn(-c3ccc(F)cc3)c2C)c2ccccc12. The van der Waals surface area contributed by atoms with Gasteiger partial charge in [0.25, 0.3) is 0 Å². The molecule has 0 saturated carbocycles. The summed E-state index contributed by atoms with van der Waals surface area (Å²) in [6, 6.07) is 13.2. The molecule has 0 aliphatic carbocycles. The van der Waals surface area contributed by atoms with Crippen molar-refractivity contribution in [3.05, 3.63) is 83.1 Å². The van der Waals surface area contributed by atoms with E-state index in [1.54, 1.807) is 23.0 Å². The van der Waals surface area contributed by atoms with E-state index in [1.165, 1.54) is 19.1 Å². The molecule has 2 aromatic heterocycles. The van der Waals surface area contributed by atoms with E-state index in [0.717, 1.165) is 33.5 Å². The quantitative estimate of drug-likeness (QED) is 0.451. The van der Waals surface area contributed by atoms with E-state index in [4.69, 9.17) is 0 Å². The number of Topliss-reactive ketones (excluding diaryl/α,β-unsaturated/α-hetero) is 1. The second-order valence-corrected chi connectivity index (χ2v) is 7.95. The lowest BCUT2D eigenvalue weighted by atomic mass is 10.1. The summed E-state index contributed by atoms with van der Waals surface area (Å²) in [5.41, 5.74) is 4.80. The summed E-state index contributed by atoms with van der Waals surface area (Å²) in [5.74, 6) is -0.497. The molecule has 1 atom stereocenters. The number of carbonyl (C=O) groups is 2. The van der Waals surface area contributed by atoms with Crippen LogP contribution in [0.1, 0.15) is 47.2 Å². The summed E-state index contributed by atoms with van der Waals surface area (Å²) in [6.45, 7) is 7.47. The van der Waals surface area contributed by atoms with Gasteiger partial charge >= 0.3 is 0 Å². The van der Waals surface area contributed by atoms with Crippen LogP contribution in [0.25, 0.3) is 16.6 Å². The Hall–Kier alpha value is -3.74. The van der Waals surface area contributed by atoms with Crippen LogP contribution in [0.2, 0.25) is 0 Å². The average Bonchev–Trinajstić information content (AvgIpc) is 3.30. The van der Waals surface area contributed by atoms with Crippen molar-refractivity contribution < 1.29 is 14.0 Å². The third-order valence-electron chi connectivity index (χ3n) is 5.87. The summed E-state index contributed by atoms with van der Waals surface area (Å²) in [7, 11) is 0. The molecule has 7 heteroatoms. The van der Waals surface area contributed by atoms with Crippen molar-refractivity contribution in [1.29, 1.82) is 0 Å². The fourth-order valence-corrected chi connectivity index (χ4v) is 4.02. The van der Waals surface area contributed by atoms with Crippen LogP contribution < -0.4 is 5.32 Å². The first-order valence-electron chi connectivity index (χ1n) is 10.5. The zero-order valence-corrected chi connectivity index (χ0v) is 18.5. The van der Waals surface area contributed by atoms with Crippen LogP contribution in [0, 0.1) is 19.7 Å². The second-order valence-electron chi connectivity index (χ2n) is 7.95. The van der Waals surface area contributed by atoms with Crippen LogP contribution in [0.4, 0.5) is 4.39 Å². The molecule has 0 bridgehead atoms. The number of ketones is 1. The molecule has 4 aromatic rings. The largest absolute Gasteiger partial charge is 0.350 e. The minimum Gasteiger partial charge on any atom is -0.350 e. The fourth-order valence-electron chi connectivity index (χ4n) is 4.02. The topological polar surface area (TPSA) is 68.9 Å². The molecule has 1 N–H and O–H groups in total. The predicted molar refractivity (Wildman–Crippen MR) is 121 cm³/mol. The third kappa shape index (κ3) is 3.82. The van der Waals surface area contributed by atoms with Gasteiger partial charge in [0.1, 0.15) is 11.9 Å². The summed E-state index contributed by atoms with van der Waals surface area (Å²) in [4.78, 5) is 25.0. The molecule has 2 heterocycles. The summed E-state index contributed by atoms with van der Waals surface area (Å²) in [5, 5.41) is 8.39. The maximum absolute atomic E-state index is 13.3. The highest BCUT2D eigenvalue weighted by Gasteiger charge is 2.21. The van der Waals surface area contributed by atoms with Crippen LogP contribution in [0.15, 0.2) is 54.7 Å². The predicted octanol–water partition coefficient (Wildman–Crippen LogP) is 4.66. The summed E-state index contributed by atoms with van der Waals surface area (Å²) < 4.78 is 16.8. The number of hydrogen-bond acceptors (Lipinski definition) is 3. The molecule has 0 saturated heterocycles. The highest BCUT2D eigenvalue weighted by atomic mass is 19.1. The highest BCUT2D eigenvalue weighted by Crippen LogP contribution is 2.25. The number of nitrogens with one attached hydrogen (secondary N) is 1. The number of fused-ring (bicyclic) bond motifs is 1. The molecule has 0 aliphatic rings. The van der Waals surface area contributed by atoms with Crippen molar-refractivity contribution in [2.45, 2.75) is 40.3 Å². The second kappa shape index (κ2) is 8.42. The van der Waals surface area contributed by atoms with Gasteiger partial charge in [-0.1, -0.05) is 18.2 Å². The van der Waals surface area contributed by atoms with Gasteiger partial charge in [-0.15, -0.1) is 0 Å². The van der Waals surface area contributed by atoms with Crippen molar-refractivity contribution in [1.82, 2.24) is 19.7 Å². The van der Waals surface area contributed by atoms with Crippen LogP contribution in [0.3, 0.4) is 0 Å². The summed E-state index contributed by atoms with van der Waals surface area (Å²) >= 11 is 0. The lowest BCUT2D eigenvalue weighted by molar-refractivity contribution is -0.123. The van der Waals surface area contributed by atoms with Gasteiger partial charge in [0.05, 0.1) is 11.4 Å². The molecule has 0 aliphatic heterocycles. The molecule has 4 rings (SSSR count). The minimum absolute atomic E-state index is 0.0352. The van der Waals surface area contributed by atoms with Gasteiger partial charge in [-0.3, -0.25) is 9.59 Å². The number of hydrogen-bond donors (Lipinski definition) is 1. The maximum atomic E-state index is 13.3. The van der Waals surface area contributed by atoms with Gasteiger partial charge in [0.2, 0.25) is 5.91 Å². The first-order valence-corrected chi connectivity index (χ1v) is 10.5. The van der Waals surface area contributed by atoms with Crippen LogP contribution >= 0.6 is 0 Å². The monoisotopic (exact) mass is 432 g/mol. The van der Waals surface area contributed by atoms with Crippen LogP contribution in [0.5, 0.6) is 0 Å². The molecule has 164 valence electrons. The Morgan fingerprint density at radius 1 is 1.09 bits per heavy atom. The lowest BCUT2D eigenvalue weighted by Gasteiger charge is -2.15. The van der Waals surface area contributed by atoms with Crippen molar-refractivity contribution >= 4 is 22.6 Å². The Morgan fingerprint density at radius 3 is 2.47 bits per heavy atom. The van der Waals surface area contributed by atoms with Gasteiger partial charge in [-0.05, 0) is 58.0 Å². The molecule has 2 aromatic carbocycles. The highest BCUT2D eigenvalue weighted by molar-refractivity contribution is 6.07. The Labute approximate surface area is 185 Å². The van der Waals surface area contributed by atoms with Gasteiger partial charge in [0.15, 0.2) is 5.78 Å². The number of aryl methyl sites for hydroxylation is 1. The van der Waals surface area contributed by atoms with Crippen molar-refractivity contribution in [3.8, 4) is 5.69 Å². The zero-order valence-electron chi connectivity index (χ0n) is 18.5. The van der Waals surface area contributed by atoms with Gasteiger partial charge in [-0.25, -0.2) is 9.07 Å². The van der Waals surface area contributed by atoms with Gasteiger partial charge in [0, 0.05) is 40.5 Å².